The fourth-order valence-corrected chi connectivity index (χ4v) is 3.13. The number of anilines is 1. The van der Waals surface area contributed by atoms with E-state index < -0.39 is 10.0 Å². The lowest BCUT2D eigenvalue weighted by atomic mass is 10.3. The third kappa shape index (κ3) is 2.70. The normalized spacial score (nSPS) is 15.7. The Kier molecular flexibility index (Phi) is 3.41. The zero-order valence-corrected chi connectivity index (χ0v) is 11.2. The number of nitrogens with one attached hydrogen (secondary N) is 1. The molecule has 1 aliphatic carbocycles. The van der Waals surface area contributed by atoms with Gasteiger partial charge in [-0.15, -0.1) is 0 Å². The van der Waals surface area contributed by atoms with Crippen LogP contribution in [0.5, 0.6) is 0 Å². The number of benzene rings is 1. The second kappa shape index (κ2) is 4.70. The first-order valence-corrected chi connectivity index (χ1v) is 7.21. The molecular formula is C12H16N2O3S. The number of amides is 1. The van der Waals surface area contributed by atoms with Crippen LogP contribution in [-0.2, 0) is 14.8 Å². The maximum absolute atomic E-state index is 12.2. The lowest BCUT2D eigenvalue weighted by Gasteiger charge is -2.16. The molecule has 98 valence electrons. The first-order chi connectivity index (χ1) is 8.41. The summed E-state index contributed by atoms with van der Waals surface area (Å²) >= 11 is 0. The molecule has 0 spiro atoms. The lowest BCUT2D eigenvalue weighted by molar-refractivity contribution is -0.114. The van der Waals surface area contributed by atoms with E-state index in [0.717, 1.165) is 12.8 Å². The molecule has 18 heavy (non-hydrogen) atoms. The Morgan fingerprint density at radius 2 is 1.83 bits per heavy atom. The molecule has 1 saturated carbocycles. The second-order valence-electron chi connectivity index (χ2n) is 4.46. The van der Waals surface area contributed by atoms with E-state index in [-0.39, 0.29) is 16.8 Å². The molecule has 5 nitrogen and oxygen atoms in total. The molecule has 1 N–H and O–H groups in total. The largest absolute Gasteiger partial charge is 0.326 e. The Morgan fingerprint density at radius 1 is 1.28 bits per heavy atom. The van der Waals surface area contributed by atoms with Crippen LogP contribution in [-0.4, -0.2) is 31.7 Å². The van der Waals surface area contributed by atoms with Gasteiger partial charge in [0.2, 0.25) is 15.9 Å². The summed E-state index contributed by atoms with van der Waals surface area (Å²) in [6, 6.07) is 6.35. The van der Waals surface area contributed by atoms with Crippen molar-refractivity contribution in [3.8, 4) is 0 Å². The highest BCUT2D eigenvalue weighted by molar-refractivity contribution is 7.89. The Labute approximate surface area is 107 Å². The molecule has 1 amide bonds. The van der Waals surface area contributed by atoms with E-state index in [1.807, 2.05) is 0 Å². The maximum atomic E-state index is 12.2. The molecule has 1 aromatic rings. The summed E-state index contributed by atoms with van der Waals surface area (Å²) in [5.74, 6) is -0.180. The molecule has 0 bridgehead atoms. The number of carbonyl (C=O) groups is 1. The number of carbonyl (C=O) groups excluding carboxylic acids is 1. The van der Waals surface area contributed by atoms with Crippen LogP contribution in [0.3, 0.4) is 0 Å². The Morgan fingerprint density at radius 3 is 2.28 bits per heavy atom. The first-order valence-electron chi connectivity index (χ1n) is 5.77. The minimum absolute atomic E-state index is 0.144. The fourth-order valence-electron chi connectivity index (χ4n) is 1.71. The molecule has 0 aromatic heterocycles. The molecule has 2 rings (SSSR count). The predicted octanol–water partition coefficient (Wildman–Crippen LogP) is 1.43. The van der Waals surface area contributed by atoms with Gasteiger partial charge in [-0.3, -0.25) is 4.79 Å². The lowest BCUT2D eigenvalue weighted by Crippen LogP contribution is -2.28. The monoisotopic (exact) mass is 268 g/mol. The van der Waals surface area contributed by atoms with Crippen LogP contribution < -0.4 is 5.32 Å². The summed E-state index contributed by atoms with van der Waals surface area (Å²) in [4.78, 5) is 11.1. The van der Waals surface area contributed by atoms with Gasteiger partial charge < -0.3 is 5.32 Å². The molecule has 1 aliphatic rings. The molecule has 0 heterocycles. The van der Waals surface area contributed by atoms with E-state index in [1.54, 1.807) is 19.2 Å². The van der Waals surface area contributed by atoms with Gasteiger partial charge in [0.25, 0.3) is 0 Å². The third-order valence-corrected chi connectivity index (χ3v) is 4.84. The molecule has 0 radical (unpaired) electrons. The van der Waals surface area contributed by atoms with Gasteiger partial charge in [0.1, 0.15) is 0 Å². The Hall–Kier alpha value is -1.40. The van der Waals surface area contributed by atoms with Crippen molar-refractivity contribution in [3.05, 3.63) is 24.3 Å². The third-order valence-electron chi connectivity index (χ3n) is 2.91. The van der Waals surface area contributed by atoms with Crippen LogP contribution >= 0.6 is 0 Å². The summed E-state index contributed by atoms with van der Waals surface area (Å²) in [6.45, 7) is 1.41. The topological polar surface area (TPSA) is 66.5 Å². The minimum Gasteiger partial charge on any atom is -0.326 e. The second-order valence-corrected chi connectivity index (χ2v) is 6.46. The summed E-state index contributed by atoms with van der Waals surface area (Å²) in [6.07, 6.45) is 1.86. The molecule has 0 atom stereocenters. The highest BCUT2D eigenvalue weighted by atomic mass is 32.2. The maximum Gasteiger partial charge on any atom is 0.243 e. The van der Waals surface area contributed by atoms with Gasteiger partial charge in [-0.1, -0.05) is 0 Å². The molecule has 1 aromatic carbocycles. The van der Waals surface area contributed by atoms with Crippen molar-refractivity contribution in [2.75, 3.05) is 12.4 Å². The van der Waals surface area contributed by atoms with E-state index in [1.165, 1.54) is 23.4 Å². The van der Waals surface area contributed by atoms with Gasteiger partial charge in [0, 0.05) is 25.7 Å². The van der Waals surface area contributed by atoms with Gasteiger partial charge >= 0.3 is 0 Å². The highest BCUT2D eigenvalue weighted by Gasteiger charge is 2.34. The number of hydrogen-bond donors (Lipinski definition) is 1. The molecule has 1 fully saturated rings. The van der Waals surface area contributed by atoms with Gasteiger partial charge in [0.05, 0.1) is 4.90 Å². The quantitative estimate of drug-likeness (QED) is 0.898. The van der Waals surface area contributed by atoms with Crippen LogP contribution in [0.1, 0.15) is 19.8 Å². The van der Waals surface area contributed by atoms with Crippen molar-refractivity contribution in [3.63, 3.8) is 0 Å². The molecule has 6 heteroatoms. The smallest absolute Gasteiger partial charge is 0.243 e. The number of sulfonamides is 1. The fraction of sp³-hybridized carbons (Fsp3) is 0.417. The SMILES string of the molecule is CC(=O)Nc1ccc(S(=O)(=O)N(C)C2CC2)cc1. The van der Waals surface area contributed by atoms with E-state index in [0.29, 0.717) is 5.69 Å². The van der Waals surface area contributed by atoms with Crippen LogP contribution in [0.2, 0.25) is 0 Å². The summed E-state index contributed by atoms with van der Waals surface area (Å²) in [7, 11) is -1.79. The summed E-state index contributed by atoms with van der Waals surface area (Å²) < 4.78 is 25.8. The van der Waals surface area contributed by atoms with Crippen molar-refractivity contribution in [1.29, 1.82) is 0 Å². The number of nitrogens with zero attached hydrogens (tertiary/aromatic N) is 1. The summed E-state index contributed by atoms with van der Waals surface area (Å²) in [5.41, 5.74) is 0.593. The Balaban J connectivity index is 2.20. The van der Waals surface area contributed by atoms with Crippen molar-refractivity contribution in [2.24, 2.45) is 0 Å². The molecule has 0 aliphatic heterocycles. The van der Waals surface area contributed by atoms with Crippen molar-refractivity contribution in [2.45, 2.75) is 30.7 Å². The zero-order chi connectivity index (χ0) is 13.3. The average Bonchev–Trinajstić information content (AvgIpc) is 3.11. The van der Waals surface area contributed by atoms with E-state index in [2.05, 4.69) is 5.32 Å². The molecule has 0 unspecified atom stereocenters. The van der Waals surface area contributed by atoms with E-state index >= 15 is 0 Å². The Bertz CT molecular complexity index is 547. The average molecular weight is 268 g/mol. The van der Waals surface area contributed by atoms with Crippen LogP contribution in [0.15, 0.2) is 29.2 Å². The van der Waals surface area contributed by atoms with Crippen LogP contribution in [0.25, 0.3) is 0 Å². The highest BCUT2D eigenvalue weighted by Crippen LogP contribution is 2.30. The number of hydrogen-bond acceptors (Lipinski definition) is 3. The van der Waals surface area contributed by atoms with Crippen molar-refractivity contribution < 1.29 is 13.2 Å². The number of rotatable bonds is 4. The van der Waals surface area contributed by atoms with Crippen molar-refractivity contribution in [1.82, 2.24) is 4.31 Å². The van der Waals surface area contributed by atoms with Gasteiger partial charge in [-0.05, 0) is 37.1 Å². The van der Waals surface area contributed by atoms with Crippen molar-refractivity contribution >= 4 is 21.6 Å². The summed E-state index contributed by atoms with van der Waals surface area (Å²) in [5, 5.41) is 2.60. The van der Waals surface area contributed by atoms with E-state index in [4.69, 9.17) is 0 Å². The standard InChI is InChI=1S/C12H16N2O3S/c1-9(15)13-10-3-7-12(8-4-10)18(16,17)14(2)11-5-6-11/h3-4,7-8,11H,5-6H2,1-2H3,(H,13,15). The first kappa shape index (κ1) is 13.0. The van der Waals surface area contributed by atoms with Gasteiger partial charge in [-0.25, -0.2) is 8.42 Å². The van der Waals surface area contributed by atoms with Gasteiger partial charge in [0.15, 0.2) is 0 Å². The zero-order valence-electron chi connectivity index (χ0n) is 10.4. The van der Waals surface area contributed by atoms with Gasteiger partial charge in [-0.2, -0.15) is 4.31 Å². The van der Waals surface area contributed by atoms with Crippen LogP contribution in [0, 0.1) is 0 Å². The van der Waals surface area contributed by atoms with E-state index in [9.17, 15) is 13.2 Å². The predicted molar refractivity (Wildman–Crippen MR) is 68.7 cm³/mol. The minimum atomic E-state index is -3.40. The molecular weight excluding hydrogens is 252 g/mol. The molecule has 0 saturated heterocycles. The van der Waals surface area contributed by atoms with Crippen LogP contribution in [0.4, 0.5) is 5.69 Å².